The SMILES string of the molecule is C=C1CC=C[C@@]2(C)CC[C@@H](C(=C)C)CC12. The molecule has 0 bridgehead atoms. The third kappa shape index (κ3) is 1.82. The normalized spacial score (nSPS) is 40.0. The van der Waals surface area contributed by atoms with Crippen molar-refractivity contribution in [1.29, 1.82) is 0 Å². The van der Waals surface area contributed by atoms with Crippen LogP contribution in [0.25, 0.3) is 0 Å². The van der Waals surface area contributed by atoms with Gasteiger partial charge in [0, 0.05) is 0 Å². The summed E-state index contributed by atoms with van der Waals surface area (Å²) in [6.45, 7) is 12.9. The molecule has 2 rings (SSSR count). The van der Waals surface area contributed by atoms with Crippen molar-refractivity contribution < 1.29 is 0 Å². The highest BCUT2D eigenvalue weighted by Crippen LogP contribution is 2.51. The van der Waals surface area contributed by atoms with Gasteiger partial charge in [-0.25, -0.2) is 0 Å². The van der Waals surface area contributed by atoms with Gasteiger partial charge in [0.2, 0.25) is 0 Å². The molecular weight excluding hydrogens is 180 g/mol. The van der Waals surface area contributed by atoms with Crippen LogP contribution in [0.4, 0.5) is 0 Å². The Morgan fingerprint density at radius 1 is 1.53 bits per heavy atom. The molecule has 3 atom stereocenters. The molecule has 0 heteroatoms. The molecule has 0 spiro atoms. The summed E-state index contributed by atoms with van der Waals surface area (Å²) in [6.07, 6.45) is 9.70. The molecule has 0 nitrogen and oxygen atoms in total. The summed E-state index contributed by atoms with van der Waals surface area (Å²) in [6, 6.07) is 0. The highest BCUT2D eigenvalue weighted by Gasteiger charge is 2.40. The summed E-state index contributed by atoms with van der Waals surface area (Å²) >= 11 is 0. The Hall–Kier alpha value is -0.780. The van der Waals surface area contributed by atoms with Crippen LogP contribution in [0.5, 0.6) is 0 Å². The van der Waals surface area contributed by atoms with Crippen molar-refractivity contribution in [2.24, 2.45) is 17.3 Å². The van der Waals surface area contributed by atoms with Crippen LogP contribution in [0.15, 0.2) is 36.5 Å². The van der Waals surface area contributed by atoms with Gasteiger partial charge in [-0.1, -0.05) is 43.4 Å². The van der Waals surface area contributed by atoms with E-state index >= 15 is 0 Å². The van der Waals surface area contributed by atoms with Crippen molar-refractivity contribution in [3.05, 3.63) is 36.5 Å². The smallest absolute Gasteiger partial charge is 0.00806 e. The molecule has 1 saturated carbocycles. The van der Waals surface area contributed by atoms with Crippen LogP contribution >= 0.6 is 0 Å². The second-order valence-electron chi connectivity index (χ2n) is 5.64. The van der Waals surface area contributed by atoms with Crippen LogP contribution in [-0.2, 0) is 0 Å². The first kappa shape index (κ1) is 10.7. The first-order chi connectivity index (χ1) is 7.03. The Morgan fingerprint density at radius 2 is 2.27 bits per heavy atom. The molecule has 82 valence electrons. The minimum Gasteiger partial charge on any atom is -0.0999 e. The lowest BCUT2D eigenvalue weighted by molar-refractivity contribution is 0.162. The Morgan fingerprint density at radius 3 is 2.93 bits per heavy atom. The van der Waals surface area contributed by atoms with Crippen molar-refractivity contribution >= 4 is 0 Å². The zero-order valence-corrected chi connectivity index (χ0v) is 10.1. The lowest BCUT2D eigenvalue weighted by atomic mass is 9.59. The maximum absolute atomic E-state index is 4.26. The van der Waals surface area contributed by atoms with Gasteiger partial charge in [-0.2, -0.15) is 0 Å². The number of rotatable bonds is 1. The van der Waals surface area contributed by atoms with E-state index in [-0.39, 0.29) is 0 Å². The van der Waals surface area contributed by atoms with Gasteiger partial charge in [0.15, 0.2) is 0 Å². The van der Waals surface area contributed by atoms with E-state index in [1.165, 1.54) is 30.4 Å². The Kier molecular flexibility index (Phi) is 2.62. The van der Waals surface area contributed by atoms with Crippen LogP contribution in [0, 0.1) is 17.3 Å². The molecule has 0 aromatic rings. The number of hydrogen-bond acceptors (Lipinski definition) is 0. The van der Waals surface area contributed by atoms with Gasteiger partial charge in [-0.05, 0) is 49.9 Å². The minimum absolute atomic E-state index is 0.390. The summed E-state index contributed by atoms with van der Waals surface area (Å²) in [4.78, 5) is 0. The summed E-state index contributed by atoms with van der Waals surface area (Å²) in [5.74, 6) is 1.42. The van der Waals surface area contributed by atoms with E-state index in [0.717, 1.165) is 12.3 Å². The molecule has 0 aromatic carbocycles. The summed E-state index contributed by atoms with van der Waals surface area (Å²) in [7, 11) is 0. The lowest BCUT2D eigenvalue weighted by Crippen LogP contribution is -2.35. The van der Waals surface area contributed by atoms with Crippen LogP contribution in [0.1, 0.15) is 39.5 Å². The molecule has 2 aliphatic carbocycles. The van der Waals surface area contributed by atoms with Gasteiger partial charge < -0.3 is 0 Å². The topological polar surface area (TPSA) is 0 Å². The maximum atomic E-state index is 4.26. The molecule has 1 unspecified atom stereocenters. The van der Waals surface area contributed by atoms with Crippen molar-refractivity contribution in [2.45, 2.75) is 39.5 Å². The molecule has 0 aliphatic heterocycles. The second kappa shape index (κ2) is 3.66. The number of hydrogen-bond donors (Lipinski definition) is 0. The molecule has 1 fully saturated rings. The fourth-order valence-electron chi connectivity index (χ4n) is 3.23. The first-order valence-corrected chi connectivity index (χ1v) is 6.04. The largest absolute Gasteiger partial charge is 0.0999 e. The van der Waals surface area contributed by atoms with Gasteiger partial charge in [-0.15, -0.1) is 0 Å². The van der Waals surface area contributed by atoms with E-state index in [2.05, 4.69) is 39.2 Å². The average molecular weight is 202 g/mol. The van der Waals surface area contributed by atoms with Crippen molar-refractivity contribution in [2.75, 3.05) is 0 Å². The van der Waals surface area contributed by atoms with E-state index < -0.39 is 0 Å². The Bertz CT molecular complexity index is 321. The zero-order valence-electron chi connectivity index (χ0n) is 10.1. The van der Waals surface area contributed by atoms with Crippen LogP contribution in [-0.4, -0.2) is 0 Å². The van der Waals surface area contributed by atoms with Gasteiger partial charge in [-0.3, -0.25) is 0 Å². The molecular formula is C15H22. The van der Waals surface area contributed by atoms with Gasteiger partial charge in [0.05, 0.1) is 0 Å². The van der Waals surface area contributed by atoms with E-state index in [9.17, 15) is 0 Å². The Balaban J connectivity index is 2.22. The fraction of sp³-hybridized carbons (Fsp3) is 0.600. The van der Waals surface area contributed by atoms with Crippen LogP contribution in [0.2, 0.25) is 0 Å². The minimum atomic E-state index is 0.390. The van der Waals surface area contributed by atoms with E-state index in [0.29, 0.717) is 11.3 Å². The average Bonchev–Trinajstić information content (AvgIpc) is 2.17. The predicted octanol–water partition coefficient (Wildman–Crippen LogP) is 4.50. The van der Waals surface area contributed by atoms with Gasteiger partial charge in [0.25, 0.3) is 0 Å². The molecule has 0 aromatic heterocycles. The molecule has 0 heterocycles. The monoisotopic (exact) mass is 202 g/mol. The van der Waals surface area contributed by atoms with Crippen LogP contribution in [0.3, 0.4) is 0 Å². The van der Waals surface area contributed by atoms with Gasteiger partial charge >= 0.3 is 0 Å². The third-order valence-corrected chi connectivity index (χ3v) is 4.42. The van der Waals surface area contributed by atoms with Crippen molar-refractivity contribution in [3.8, 4) is 0 Å². The molecule has 0 radical (unpaired) electrons. The van der Waals surface area contributed by atoms with E-state index in [1.807, 2.05) is 0 Å². The summed E-state index contributed by atoms with van der Waals surface area (Å²) < 4.78 is 0. The summed E-state index contributed by atoms with van der Waals surface area (Å²) in [5.41, 5.74) is 3.19. The maximum Gasteiger partial charge on any atom is -0.00806 e. The molecule has 0 N–H and O–H groups in total. The zero-order chi connectivity index (χ0) is 11.1. The number of fused-ring (bicyclic) bond motifs is 1. The predicted molar refractivity (Wildman–Crippen MR) is 66.6 cm³/mol. The second-order valence-corrected chi connectivity index (χ2v) is 5.64. The molecule has 15 heavy (non-hydrogen) atoms. The van der Waals surface area contributed by atoms with Crippen molar-refractivity contribution in [3.63, 3.8) is 0 Å². The van der Waals surface area contributed by atoms with Gasteiger partial charge in [0.1, 0.15) is 0 Å². The quantitative estimate of drug-likeness (QED) is 0.549. The van der Waals surface area contributed by atoms with E-state index in [1.54, 1.807) is 0 Å². The third-order valence-electron chi connectivity index (χ3n) is 4.42. The highest BCUT2D eigenvalue weighted by atomic mass is 14.4. The summed E-state index contributed by atoms with van der Waals surface area (Å²) in [5, 5.41) is 0. The molecule has 0 saturated heterocycles. The first-order valence-electron chi connectivity index (χ1n) is 6.04. The molecule has 2 aliphatic rings. The van der Waals surface area contributed by atoms with Crippen molar-refractivity contribution in [1.82, 2.24) is 0 Å². The van der Waals surface area contributed by atoms with E-state index in [4.69, 9.17) is 0 Å². The van der Waals surface area contributed by atoms with Crippen LogP contribution < -0.4 is 0 Å². The molecule has 0 amide bonds. The fourth-order valence-corrected chi connectivity index (χ4v) is 3.23. The highest BCUT2D eigenvalue weighted by molar-refractivity contribution is 5.23. The lowest BCUT2D eigenvalue weighted by Gasteiger charge is -2.46. The Labute approximate surface area is 93.8 Å². The standard InChI is InChI=1S/C15H22/c1-11(2)13-7-9-15(4)8-5-6-12(3)14(15)10-13/h5,8,13-14H,1,3,6-7,9-10H2,2,4H3/t13-,14?,15+/m1/s1. The number of allylic oxidation sites excluding steroid dienone is 4.